The van der Waals surface area contributed by atoms with E-state index in [1.807, 2.05) is 19.1 Å². The Hall–Kier alpha value is -1.49. The second-order valence-corrected chi connectivity index (χ2v) is 5.14. The van der Waals surface area contributed by atoms with Gasteiger partial charge in [-0.1, -0.05) is 29.8 Å². The minimum absolute atomic E-state index is 0.0541. The quantitative estimate of drug-likeness (QED) is 0.776. The molecule has 104 valence electrons. The number of carbonyl (C=O) groups excluding carboxylic acids is 2. The molecule has 19 heavy (non-hydrogen) atoms. The highest BCUT2D eigenvalue weighted by Gasteiger charge is 2.04. The van der Waals surface area contributed by atoms with Crippen molar-refractivity contribution < 1.29 is 14.3 Å². The van der Waals surface area contributed by atoms with Crippen LogP contribution in [0.3, 0.4) is 0 Å². The maximum Gasteiger partial charge on any atom is 0.307 e. The first-order chi connectivity index (χ1) is 9.11. The molecule has 1 amide bonds. The molecule has 0 atom stereocenters. The van der Waals surface area contributed by atoms with E-state index >= 15 is 0 Å². The Bertz CT molecular complexity index is 434. The molecule has 1 aromatic rings. The van der Waals surface area contributed by atoms with Crippen LogP contribution in [0.2, 0.25) is 0 Å². The Morgan fingerprint density at radius 1 is 1.37 bits per heavy atom. The van der Waals surface area contributed by atoms with E-state index in [9.17, 15) is 9.59 Å². The van der Waals surface area contributed by atoms with Crippen LogP contribution < -0.4 is 5.32 Å². The molecule has 0 aromatic heterocycles. The minimum Gasteiger partial charge on any atom is -0.469 e. The number of amides is 1. The molecule has 0 aliphatic rings. The molecule has 0 bridgehead atoms. The van der Waals surface area contributed by atoms with Gasteiger partial charge in [-0.05, 0) is 12.5 Å². The van der Waals surface area contributed by atoms with Crippen molar-refractivity contribution in [1.29, 1.82) is 0 Å². The van der Waals surface area contributed by atoms with Crippen molar-refractivity contribution in [2.24, 2.45) is 0 Å². The molecule has 0 spiro atoms. The van der Waals surface area contributed by atoms with Gasteiger partial charge in [0.2, 0.25) is 5.91 Å². The van der Waals surface area contributed by atoms with Crippen molar-refractivity contribution in [1.82, 2.24) is 5.32 Å². The van der Waals surface area contributed by atoms with Gasteiger partial charge in [-0.15, -0.1) is 11.8 Å². The lowest BCUT2D eigenvalue weighted by Crippen LogP contribution is -2.27. The molecular formula is C14H19NO3S. The van der Waals surface area contributed by atoms with E-state index in [1.54, 1.807) is 11.8 Å². The standard InChI is InChI=1S/C14H19NO3S/c1-11-4-3-5-12(8-11)9-19-10-13(16)15-7-6-14(17)18-2/h3-5,8H,6-7,9-10H2,1-2H3,(H,15,16). The number of esters is 1. The van der Waals surface area contributed by atoms with Crippen LogP contribution in [0.4, 0.5) is 0 Å². The van der Waals surface area contributed by atoms with Crippen LogP contribution in [0.1, 0.15) is 17.5 Å². The van der Waals surface area contributed by atoms with Crippen LogP contribution >= 0.6 is 11.8 Å². The third-order valence-electron chi connectivity index (χ3n) is 2.46. The van der Waals surface area contributed by atoms with Gasteiger partial charge in [0, 0.05) is 12.3 Å². The van der Waals surface area contributed by atoms with E-state index in [0.29, 0.717) is 12.3 Å². The zero-order chi connectivity index (χ0) is 14.1. The number of carbonyl (C=O) groups is 2. The predicted molar refractivity (Wildman–Crippen MR) is 77.0 cm³/mol. The number of methoxy groups -OCH3 is 1. The number of thioether (sulfide) groups is 1. The number of hydrogen-bond acceptors (Lipinski definition) is 4. The van der Waals surface area contributed by atoms with E-state index in [-0.39, 0.29) is 18.3 Å². The van der Waals surface area contributed by atoms with Gasteiger partial charge >= 0.3 is 5.97 Å². The van der Waals surface area contributed by atoms with Crippen LogP contribution in [0.25, 0.3) is 0 Å². The van der Waals surface area contributed by atoms with Gasteiger partial charge in [-0.2, -0.15) is 0 Å². The molecule has 0 unspecified atom stereocenters. The molecule has 0 fully saturated rings. The summed E-state index contributed by atoms with van der Waals surface area (Å²) in [5, 5.41) is 2.68. The maximum atomic E-state index is 11.5. The molecule has 0 aliphatic heterocycles. The number of benzene rings is 1. The fraction of sp³-hybridized carbons (Fsp3) is 0.429. The second-order valence-electron chi connectivity index (χ2n) is 4.16. The van der Waals surface area contributed by atoms with Gasteiger partial charge in [0.1, 0.15) is 0 Å². The first-order valence-corrected chi connectivity index (χ1v) is 7.24. The molecule has 0 saturated carbocycles. The largest absolute Gasteiger partial charge is 0.469 e. The molecule has 1 rings (SSSR count). The van der Waals surface area contributed by atoms with E-state index in [1.165, 1.54) is 18.2 Å². The average Bonchev–Trinajstić information content (AvgIpc) is 2.38. The summed E-state index contributed by atoms with van der Waals surface area (Å²) in [6, 6.07) is 8.23. The third-order valence-corrected chi connectivity index (χ3v) is 3.47. The second kappa shape index (κ2) is 8.58. The number of aryl methyl sites for hydroxylation is 1. The van der Waals surface area contributed by atoms with Crippen molar-refractivity contribution in [3.8, 4) is 0 Å². The highest BCUT2D eigenvalue weighted by atomic mass is 32.2. The summed E-state index contributed by atoms with van der Waals surface area (Å²) in [7, 11) is 1.34. The van der Waals surface area contributed by atoms with Crippen LogP contribution in [-0.4, -0.2) is 31.3 Å². The van der Waals surface area contributed by atoms with Crippen molar-refractivity contribution >= 4 is 23.6 Å². The van der Waals surface area contributed by atoms with Crippen molar-refractivity contribution in [2.75, 3.05) is 19.4 Å². The van der Waals surface area contributed by atoms with Crippen LogP contribution in [0.15, 0.2) is 24.3 Å². The zero-order valence-electron chi connectivity index (χ0n) is 11.3. The van der Waals surface area contributed by atoms with Gasteiger partial charge in [-0.3, -0.25) is 9.59 Å². The van der Waals surface area contributed by atoms with Crippen LogP contribution in [0.5, 0.6) is 0 Å². The number of rotatable bonds is 7. The van der Waals surface area contributed by atoms with Gasteiger partial charge in [0.15, 0.2) is 0 Å². The number of nitrogens with one attached hydrogen (secondary N) is 1. The first-order valence-electron chi connectivity index (χ1n) is 6.08. The molecule has 1 aromatic carbocycles. The van der Waals surface area contributed by atoms with E-state index in [0.717, 1.165) is 5.75 Å². The van der Waals surface area contributed by atoms with E-state index in [2.05, 4.69) is 22.2 Å². The summed E-state index contributed by atoms with van der Waals surface area (Å²) < 4.78 is 4.49. The molecule has 0 heterocycles. The van der Waals surface area contributed by atoms with Crippen LogP contribution in [0, 0.1) is 6.92 Å². The van der Waals surface area contributed by atoms with Crippen molar-refractivity contribution in [3.63, 3.8) is 0 Å². The minimum atomic E-state index is -0.312. The topological polar surface area (TPSA) is 55.4 Å². The smallest absolute Gasteiger partial charge is 0.307 e. The first kappa shape index (κ1) is 15.6. The lowest BCUT2D eigenvalue weighted by atomic mass is 10.2. The molecule has 0 aliphatic carbocycles. The zero-order valence-corrected chi connectivity index (χ0v) is 12.1. The predicted octanol–water partition coefficient (Wildman–Crippen LogP) is 1.91. The Morgan fingerprint density at radius 3 is 2.84 bits per heavy atom. The highest BCUT2D eigenvalue weighted by molar-refractivity contribution is 7.99. The van der Waals surface area contributed by atoms with E-state index in [4.69, 9.17) is 0 Å². The number of ether oxygens (including phenoxy) is 1. The summed E-state index contributed by atoms with van der Waals surface area (Å²) in [5.41, 5.74) is 2.44. The highest BCUT2D eigenvalue weighted by Crippen LogP contribution is 2.13. The molecule has 1 N–H and O–H groups in total. The molecule has 0 saturated heterocycles. The lowest BCUT2D eigenvalue weighted by Gasteiger charge is -2.05. The lowest BCUT2D eigenvalue weighted by molar-refractivity contribution is -0.140. The summed E-state index contributed by atoms with van der Waals surface area (Å²) in [6.45, 7) is 2.38. The van der Waals surface area contributed by atoms with Crippen LogP contribution in [-0.2, 0) is 20.1 Å². The maximum absolute atomic E-state index is 11.5. The van der Waals surface area contributed by atoms with Gasteiger partial charge in [-0.25, -0.2) is 0 Å². The summed E-state index contributed by atoms with van der Waals surface area (Å²) >= 11 is 1.56. The Kier molecular flexibility index (Phi) is 7.03. The summed E-state index contributed by atoms with van der Waals surface area (Å²) in [6.07, 6.45) is 0.213. The van der Waals surface area contributed by atoms with E-state index < -0.39 is 0 Å². The third kappa shape index (κ3) is 6.86. The molecule has 0 radical (unpaired) electrons. The normalized spacial score (nSPS) is 10.0. The summed E-state index contributed by atoms with van der Waals surface area (Å²) in [5.74, 6) is 0.843. The Balaban J connectivity index is 2.15. The Morgan fingerprint density at radius 2 is 2.16 bits per heavy atom. The fourth-order valence-corrected chi connectivity index (χ4v) is 2.33. The van der Waals surface area contributed by atoms with Gasteiger partial charge in [0.05, 0.1) is 19.3 Å². The van der Waals surface area contributed by atoms with Crippen molar-refractivity contribution in [3.05, 3.63) is 35.4 Å². The SMILES string of the molecule is COC(=O)CCNC(=O)CSCc1cccc(C)c1. The molecule has 4 nitrogen and oxygen atoms in total. The monoisotopic (exact) mass is 281 g/mol. The average molecular weight is 281 g/mol. The fourth-order valence-electron chi connectivity index (χ4n) is 1.52. The van der Waals surface area contributed by atoms with Gasteiger partial charge < -0.3 is 10.1 Å². The number of hydrogen-bond donors (Lipinski definition) is 1. The Labute approximate surface area is 117 Å². The molecular weight excluding hydrogens is 262 g/mol. The van der Waals surface area contributed by atoms with Crippen molar-refractivity contribution in [2.45, 2.75) is 19.1 Å². The molecule has 5 heteroatoms. The van der Waals surface area contributed by atoms with Gasteiger partial charge in [0.25, 0.3) is 0 Å². The summed E-state index contributed by atoms with van der Waals surface area (Å²) in [4.78, 5) is 22.3.